The standard InChI is InChI=1S/C31H27N7O3/c1-19(34-30(40)27-20(2)35-37-14-8-13-32-29(27)37)25-15-21-9-7-10-22(16-26(39)23-17-33-36(3)18-23)28(21)31(41)38(25)24-11-5-4-6-12-24/h4-15,17-19H,16H2,1-3H3,(H,34,40)/t19-/m0/s1. The van der Waals surface area contributed by atoms with E-state index in [1.54, 1.807) is 58.5 Å². The highest BCUT2D eigenvalue weighted by Gasteiger charge is 2.24. The molecule has 0 aliphatic carbocycles. The molecule has 204 valence electrons. The Labute approximate surface area is 234 Å². The van der Waals surface area contributed by atoms with Gasteiger partial charge >= 0.3 is 0 Å². The number of benzene rings is 2. The maximum Gasteiger partial charge on any atom is 0.263 e. The lowest BCUT2D eigenvalue weighted by atomic mass is 9.98. The van der Waals surface area contributed by atoms with E-state index in [0.29, 0.717) is 50.2 Å². The lowest BCUT2D eigenvalue weighted by Gasteiger charge is -2.21. The topological polar surface area (TPSA) is 116 Å². The molecule has 0 bridgehead atoms. The number of ketones is 1. The van der Waals surface area contributed by atoms with Crippen molar-refractivity contribution in [1.82, 2.24) is 34.3 Å². The van der Waals surface area contributed by atoms with E-state index in [1.807, 2.05) is 55.5 Å². The Morgan fingerprint density at radius 3 is 2.61 bits per heavy atom. The van der Waals surface area contributed by atoms with Crippen LogP contribution in [0.4, 0.5) is 0 Å². The van der Waals surface area contributed by atoms with Gasteiger partial charge in [0.15, 0.2) is 11.4 Å². The summed E-state index contributed by atoms with van der Waals surface area (Å²) >= 11 is 0. The quantitative estimate of drug-likeness (QED) is 0.303. The number of carbonyl (C=O) groups excluding carboxylic acids is 2. The molecule has 6 aromatic rings. The van der Waals surface area contributed by atoms with Crippen LogP contribution in [0.25, 0.3) is 22.1 Å². The smallest absolute Gasteiger partial charge is 0.263 e. The van der Waals surface area contributed by atoms with Crippen molar-refractivity contribution in [3.63, 3.8) is 0 Å². The molecule has 0 saturated carbocycles. The molecule has 0 fully saturated rings. The summed E-state index contributed by atoms with van der Waals surface area (Å²) in [6.45, 7) is 3.60. The maximum absolute atomic E-state index is 14.2. The van der Waals surface area contributed by atoms with Crippen LogP contribution in [0.2, 0.25) is 0 Å². The fourth-order valence-electron chi connectivity index (χ4n) is 5.21. The number of rotatable bonds is 7. The first-order chi connectivity index (χ1) is 19.8. The fourth-order valence-corrected chi connectivity index (χ4v) is 5.21. The molecule has 10 nitrogen and oxygen atoms in total. The number of hydrogen-bond acceptors (Lipinski definition) is 6. The number of fused-ring (bicyclic) bond motifs is 2. The third-order valence-electron chi connectivity index (χ3n) is 7.14. The predicted molar refractivity (Wildman–Crippen MR) is 154 cm³/mol. The number of hydrogen-bond donors (Lipinski definition) is 1. The average Bonchev–Trinajstić information content (AvgIpc) is 3.55. The Bertz CT molecular complexity index is 2000. The van der Waals surface area contributed by atoms with Crippen molar-refractivity contribution >= 4 is 28.1 Å². The second-order valence-corrected chi connectivity index (χ2v) is 9.97. The van der Waals surface area contributed by atoms with E-state index in [9.17, 15) is 14.4 Å². The summed E-state index contributed by atoms with van der Waals surface area (Å²) in [6, 6.07) is 17.8. The summed E-state index contributed by atoms with van der Waals surface area (Å²) in [5.74, 6) is -0.468. The molecule has 0 radical (unpaired) electrons. The first-order valence-corrected chi connectivity index (χ1v) is 13.2. The van der Waals surface area contributed by atoms with Gasteiger partial charge in [-0.3, -0.25) is 23.6 Å². The van der Waals surface area contributed by atoms with Crippen LogP contribution < -0.4 is 10.9 Å². The number of nitrogens with zero attached hydrogens (tertiary/aromatic N) is 6. The van der Waals surface area contributed by atoms with E-state index < -0.39 is 6.04 Å². The van der Waals surface area contributed by atoms with Gasteiger partial charge in [0.05, 0.1) is 28.9 Å². The molecule has 10 heteroatoms. The second-order valence-electron chi connectivity index (χ2n) is 9.97. The zero-order valence-corrected chi connectivity index (χ0v) is 22.8. The van der Waals surface area contributed by atoms with Crippen LogP contribution in [0.5, 0.6) is 0 Å². The highest BCUT2D eigenvalue weighted by atomic mass is 16.2. The van der Waals surface area contributed by atoms with Crippen molar-refractivity contribution < 1.29 is 9.59 Å². The van der Waals surface area contributed by atoms with Crippen LogP contribution in [-0.4, -0.2) is 40.6 Å². The third-order valence-corrected chi connectivity index (χ3v) is 7.14. The Morgan fingerprint density at radius 1 is 1.05 bits per heavy atom. The molecule has 1 atom stereocenters. The minimum atomic E-state index is -0.557. The van der Waals surface area contributed by atoms with Gasteiger partial charge in [-0.15, -0.1) is 0 Å². The molecule has 0 aliphatic rings. The molecule has 2 aromatic carbocycles. The first kappa shape index (κ1) is 25.9. The number of aromatic nitrogens is 6. The molecular formula is C31H27N7O3. The van der Waals surface area contributed by atoms with Gasteiger partial charge in [0.25, 0.3) is 11.5 Å². The number of para-hydroxylation sites is 1. The lowest BCUT2D eigenvalue weighted by Crippen LogP contribution is -2.32. The second kappa shape index (κ2) is 10.3. The van der Waals surface area contributed by atoms with Crippen molar-refractivity contribution in [2.45, 2.75) is 26.3 Å². The van der Waals surface area contributed by atoms with Crippen LogP contribution in [-0.2, 0) is 13.5 Å². The van der Waals surface area contributed by atoms with Gasteiger partial charge in [-0.05, 0) is 49.1 Å². The summed E-state index contributed by atoms with van der Waals surface area (Å²) in [7, 11) is 1.75. The van der Waals surface area contributed by atoms with Crippen molar-refractivity contribution in [2.24, 2.45) is 7.05 Å². The maximum atomic E-state index is 14.2. The molecule has 0 aliphatic heterocycles. The van der Waals surface area contributed by atoms with Crippen LogP contribution >= 0.6 is 0 Å². The van der Waals surface area contributed by atoms with Gasteiger partial charge in [-0.2, -0.15) is 10.2 Å². The average molecular weight is 546 g/mol. The Kier molecular flexibility index (Phi) is 6.50. The highest BCUT2D eigenvalue weighted by Crippen LogP contribution is 2.25. The SMILES string of the molecule is Cc1nn2cccnc2c1C(=O)N[C@@H](C)c1cc2cccc(CC(=O)c3cnn(C)c3)c2c(=O)n1-c1ccccc1. The normalized spacial score (nSPS) is 12.1. The Morgan fingerprint density at radius 2 is 1.85 bits per heavy atom. The molecule has 0 spiro atoms. The molecule has 4 aromatic heterocycles. The number of nitrogens with one attached hydrogen (secondary N) is 1. The largest absolute Gasteiger partial charge is 0.344 e. The Hall–Kier alpha value is -5.38. The summed E-state index contributed by atoms with van der Waals surface area (Å²) in [4.78, 5) is 45.1. The molecule has 1 amide bonds. The molecular weight excluding hydrogens is 518 g/mol. The third kappa shape index (κ3) is 4.69. The molecule has 0 saturated heterocycles. The monoisotopic (exact) mass is 545 g/mol. The summed E-state index contributed by atoms with van der Waals surface area (Å²) in [5.41, 5.74) is 3.47. The van der Waals surface area contributed by atoms with Crippen molar-refractivity contribution in [1.29, 1.82) is 0 Å². The summed E-state index contributed by atoms with van der Waals surface area (Å²) in [6.07, 6.45) is 6.60. The number of Topliss-reactive ketones (excluding diaryl/α,β-unsaturated/α-hetero) is 1. The predicted octanol–water partition coefficient (Wildman–Crippen LogP) is 3.99. The van der Waals surface area contributed by atoms with Crippen LogP contribution in [0, 0.1) is 6.92 Å². The van der Waals surface area contributed by atoms with Gasteiger partial charge < -0.3 is 5.32 Å². The Balaban J connectivity index is 1.45. The van der Waals surface area contributed by atoms with Gasteiger partial charge in [0.1, 0.15) is 5.56 Å². The van der Waals surface area contributed by atoms with Crippen LogP contribution in [0.1, 0.15) is 50.6 Å². The molecule has 4 heterocycles. The zero-order chi connectivity index (χ0) is 28.7. The minimum Gasteiger partial charge on any atom is -0.344 e. The molecule has 0 unspecified atom stereocenters. The van der Waals surface area contributed by atoms with Crippen molar-refractivity contribution in [3.8, 4) is 5.69 Å². The van der Waals surface area contributed by atoms with Crippen molar-refractivity contribution in [2.75, 3.05) is 0 Å². The summed E-state index contributed by atoms with van der Waals surface area (Å²) < 4.78 is 4.75. The first-order valence-electron chi connectivity index (χ1n) is 13.2. The van der Waals surface area contributed by atoms with E-state index in [-0.39, 0.29) is 23.7 Å². The van der Waals surface area contributed by atoms with Crippen LogP contribution in [0.3, 0.4) is 0 Å². The lowest BCUT2D eigenvalue weighted by molar-refractivity contribution is 0.0938. The molecule has 41 heavy (non-hydrogen) atoms. The number of carbonyl (C=O) groups is 2. The molecule has 1 N–H and O–H groups in total. The minimum absolute atomic E-state index is 0.0553. The zero-order valence-electron chi connectivity index (χ0n) is 22.8. The van der Waals surface area contributed by atoms with E-state index in [1.165, 1.54) is 6.20 Å². The van der Waals surface area contributed by atoms with Gasteiger partial charge in [0.2, 0.25) is 0 Å². The number of aryl methyl sites for hydroxylation is 2. The van der Waals surface area contributed by atoms with E-state index in [4.69, 9.17) is 0 Å². The number of pyridine rings is 1. The van der Waals surface area contributed by atoms with E-state index in [2.05, 4.69) is 20.5 Å². The highest BCUT2D eigenvalue weighted by molar-refractivity contribution is 6.01. The van der Waals surface area contributed by atoms with E-state index in [0.717, 1.165) is 0 Å². The fraction of sp³-hybridized carbons (Fsp3) is 0.161. The van der Waals surface area contributed by atoms with Crippen molar-refractivity contribution in [3.05, 3.63) is 124 Å². The van der Waals surface area contributed by atoms with Crippen LogP contribution in [0.15, 0.2) is 90.2 Å². The molecule has 6 rings (SSSR count). The van der Waals surface area contributed by atoms with Gasteiger partial charge in [-0.25, -0.2) is 9.50 Å². The van der Waals surface area contributed by atoms with Gasteiger partial charge in [0, 0.05) is 43.4 Å². The van der Waals surface area contributed by atoms with E-state index >= 15 is 0 Å². The number of amides is 1. The summed E-state index contributed by atoms with van der Waals surface area (Å²) in [5, 5.41) is 12.7. The van der Waals surface area contributed by atoms with Gasteiger partial charge in [-0.1, -0.05) is 36.4 Å².